The third-order valence-electron chi connectivity index (χ3n) is 0. The lowest BCUT2D eigenvalue weighted by Gasteiger charge is -2.14. The Balaban J connectivity index is 0. The summed E-state index contributed by atoms with van der Waals surface area (Å²) < 4.78 is 1.00. The van der Waals surface area contributed by atoms with Gasteiger partial charge in [-0.2, -0.15) is 0 Å². The number of rotatable bonds is 0. The smallest absolute Gasteiger partial charge is 0.179 e. The van der Waals surface area contributed by atoms with Crippen LogP contribution in [0.1, 0.15) is 0 Å². The standard InChI is InChI=1S/C4H12N.C3H10OSi/c2*1-5(2,3)4/h1-4H3;4H,1-3H3/q+1;. The van der Waals surface area contributed by atoms with E-state index in [2.05, 4.69) is 28.2 Å². The molecule has 0 unspecified atom stereocenters. The van der Waals surface area contributed by atoms with Gasteiger partial charge in [0.15, 0.2) is 8.32 Å². The highest BCUT2D eigenvalue weighted by atomic mass is 28.4. The van der Waals surface area contributed by atoms with Gasteiger partial charge in [-0.05, 0) is 19.6 Å². The zero-order chi connectivity index (χ0) is 9.00. The number of quaternary nitrogens is 1. The molecule has 0 fully saturated rings. The molecule has 0 spiro atoms. The third kappa shape index (κ3) is 22100. The molecule has 10 heavy (non-hydrogen) atoms. The fourth-order valence-electron chi connectivity index (χ4n) is 0. The quantitative estimate of drug-likeness (QED) is 0.420. The second-order valence-corrected chi connectivity index (χ2v) is 9.20. The average Bonchev–Trinajstić information content (AvgIpc) is 1.12. The molecule has 0 heterocycles. The zero-order valence-electron chi connectivity index (χ0n) is 8.39. The van der Waals surface area contributed by atoms with Crippen LogP contribution in [0.2, 0.25) is 19.6 Å². The van der Waals surface area contributed by atoms with Crippen LogP contribution in [0.15, 0.2) is 0 Å². The fourth-order valence-corrected chi connectivity index (χ4v) is 0. The minimum Gasteiger partial charge on any atom is -0.433 e. The summed E-state index contributed by atoms with van der Waals surface area (Å²) in [7, 11) is 6.89. The highest BCUT2D eigenvalue weighted by molar-refractivity contribution is 6.68. The molecule has 3 heteroatoms. The van der Waals surface area contributed by atoms with Crippen molar-refractivity contribution in [1.82, 2.24) is 0 Å². The van der Waals surface area contributed by atoms with Gasteiger partial charge in [-0.15, -0.1) is 0 Å². The summed E-state index contributed by atoms with van der Waals surface area (Å²) in [6, 6.07) is 0. The highest BCUT2D eigenvalue weighted by Crippen LogP contribution is 1.88. The Kier molecular flexibility index (Phi) is 5.25. The van der Waals surface area contributed by atoms with E-state index in [-0.39, 0.29) is 0 Å². The molecule has 0 amide bonds. The summed E-state index contributed by atoms with van der Waals surface area (Å²) in [4.78, 5) is 8.66. The Morgan fingerprint density at radius 1 is 0.900 bits per heavy atom. The van der Waals surface area contributed by atoms with Crippen molar-refractivity contribution in [2.24, 2.45) is 0 Å². The van der Waals surface area contributed by atoms with Crippen molar-refractivity contribution in [3.05, 3.63) is 0 Å². The largest absolute Gasteiger partial charge is 0.433 e. The maximum absolute atomic E-state index is 8.66. The topological polar surface area (TPSA) is 20.2 Å². The Morgan fingerprint density at radius 2 is 0.900 bits per heavy atom. The molecule has 0 aliphatic heterocycles. The van der Waals surface area contributed by atoms with Gasteiger partial charge in [-0.25, -0.2) is 0 Å². The van der Waals surface area contributed by atoms with E-state index in [0.717, 1.165) is 4.48 Å². The van der Waals surface area contributed by atoms with Crippen LogP contribution in [0.3, 0.4) is 0 Å². The van der Waals surface area contributed by atoms with Crippen molar-refractivity contribution in [2.45, 2.75) is 19.6 Å². The molecule has 0 rings (SSSR count). The van der Waals surface area contributed by atoms with E-state index in [1.807, 2.05) is 19.6 Å². The van der Waals surface area contributed by atoms with Gasteiger partial charge in [0.2, 0.25) is 0 Å². The van der Waals surface area contributed by atoms with Crippen LogP contribution in [0.5, 0.6) is 0 Å². The molecule has 1 N–H and O–H groups in total. The first kappa shape index (κ1) is 12.8. The molecule has 0 bridgehead atoms. The molecule has 0 radical (unpaired) electrons. The van der Waals surface area contributed by atoms with Crippen molar-refractivity contribution >= 4 is 8.32 Å². The molecule has 64 valence electrons. The minimum atomic E-state index is -1.61. The number of hydrogen-bond donors (Lipinski definition) is 1. The van der Waals surface area contributed by atoms with Crippen molar-refractivity contribution < 1.29 is 9.28 Å². The van der Waals surface area contributed by atoms with Gasteiger partial charge in [-0.1, -0.05) is 0 Å². The van der Waals surface area contributed by atoms with Crippen molar-refractivity contribution in [2.75, 3.05) is 28.2 Å². The predicted molar refractivity (Wildman–Crippen MR) is 49.5 cm³/mol. The zero-order valence-corrected chi connectivity index (χ0v) is 9.39. The highest BCUT2D eigenvalue weighted by Gasteiger charge is 2.03. The average molecular weight is 164 g/mol. The monoisotopic (exact) mass is 164 g/mol. The molecule has 0 aliphatic rings. The molecule has 0 aromatic heterocycles. The minimum absolute atomic E-state index is 1.00. The van der Waals surface area contributed by atoms with E-state index >= 15 is 0 Å². The van der Waals surface area contributed by atoms with Gasteiger partial charge < -0.3 is 9.28 Å². The summed E-state index contributed by atoms with van der Waals surface area (Å²) in [5.74, 6) is 0. The molecule has 0 saturated heterocycles. The predicted octanol–water partition coefficient (Wildman–Crippen LogP) is 1.14. The molecular formula is C7H22NOSi+. The Labute approximate surface area is 66.2 Å². The van der Waals surface area contributed by atoms with E-state index in [1.165, 1.54) is 0 Å². The second-order valence-electron chi connectivity index (χ2n) is 4.85. The van der Waals surface area contributed by atoms with Crippen LogP contribution < -0.4 is 0 Å². The van der Waals surface area contributed by atoms with Crippen molar-refractivity contribution in [3.63, 3.8) is 0 Å². The SMILES string of the molecule is C[N+](C)(C)C.C[Si](C)(C)O. The first-order valence-electron chi connectivity index (χ1n) is 3.51. The van der Waals surface area contributed by atoms with Crippen molar-refractivity contribution in [1.29, 1.82) is 0 Å². The molecule has 2 nitrogen and oxygen atoms in total. The summed E-state index contributed by atoms with van der Waals surface area (Å²) >= 11 is 0. The van der Waals surface area contributed by atoms with Gasteiger partial charge in [0.25, 0.3) is 0 Å². The third-order valence-corrected chi connectivity index (χ3v) is 0. The lowest BCUT2D eigenvalue weighted by atomic mass is 10.8. The van der Waals surface area contributed by atoms with Crippen LogP contribution in [0, 0.1) is 0 Å². The second kappa shape index (κ2) is 4.11. The fraction of sp³-hybridized carbons (Fsp3) is 1.00. The lowest BCUT2D eigenvalue weighted by Crippen LogP contribution is -2.27. The molecule has 0 aromatic rings. The van der Waals surface area contributed by atoms with Gasteiger partial charge in [0, 0.05) is 0 Å². The summed E-state index contributed by atoms with van der Waals surface area (Å²) in [6.07, 6.45) is 0. The first-order chi connectivity index (χ1) is 4.00. The maximum atomic E-state index is 8.66. The molecule has 0 aromatic carbocycles. The molecule has 0 atom stereocenters. The van der Waals surface area contributed by atoms with E-state index < -0.39 is 8.32 Å². The molecular weight excluding hydrogens is 142 g/mol. The maximum Gasteiger partial charge on any atom is 0.179 e. The Bertz CT molecular complexity index is 56.6. The summed E-state index contributed by atoms with van der Waals surface area (Å²) in [5, 5.41) is 0. The number of hydrogen-bond acceptors (Lipinski definition) is 1. The van der Waals surface area contributed by atoms with Gasteiger partial charge >= 0.3 is 0 Å². The first-order valence-corrected chi connectivity index (χ1v) is 6.96. The van der Waals surface area contributed by atoms with Gasteiger partial charge in [0.05, 0.1) is 28.2 Å². The Morgan fingerprint density at radius 3 is 0.900 bits per heavy atom. The van der Waals surface area contributed by atoms with Crippen LogP contribution in [0.25, 0.3) is 0 Å². The van der Waals surface area contributed by atoms with Crippen molar-refractivity contribution in [3.8, 4) is 0 Å². The van der Waals surface area contributed by atoms with Gasteiger partial charge in [0.1, 0.15) is 0 Å². The normalized spacial score (nSPS) is 12.0. The van der Waals surface area contributed by atoms with Crippen LogP contribution >= 0.6 is 0 Å². The van der Waals surface area contributed by atoms with Gasteiger partial charge in [-0.3, -0.25) is 0 Å². The molecule has 0 saturated carbocycles. The van der Waals surface area contributed by atoms with E-state index in [9.17, 15) is 0 Å². The summed E-state index contributed by atoms with van der Waals surface area (Å²) in [5.41, 5.74) is 0. The lowest BCUT2D eigenvalue weighted by molar-refractivity contribution is -0.849. The number of nitrogens with zero attached hydrogens (tertiary/aromatic N) is 1. The van der Waals surface area contributed by atoms with E-state index in [1.54, 1.807) is 0 Å². The van der Waals surface area contributed by atoms with Crippen LogP contribution in [0.4, 0.5) is 0 Å². The van der Waals surface area contributed by atoms with Crippen LogP contribution in [-0.4, -0.2) is 45.8 Å². The van der Waals surface area contributed by atoms with Crippen LogP contribution in [-0.2, 0) is 0 Å². The Hall–Kier alpha value is 0.137. The molecule has 0 aliphatic carbocycles. The summed E-state index contributed by atoms with van der Waals surface area (Å²) in [6.45, 7) is 5.65. The van der Waals surface area contributed by atoms with E-state index in [4.69, 9.17) is 4.80 Å². The van der Waals surface area contributed by atoms with E-state index in [0.29, 0.717) is 0 Å².